The van der Waals surface area contributed by atoms with E-state index in [9.17, 15) is 14.4 Å². The summed E-state index contributed by atoms with van der Waals surface area (Å²) in [6.45, 7) is 0.781. The Morgan fingerprint density at radius 2 is 2.00 bits per heavy atom. The van der Waals surface area contributed by atoms with Crippen molar-refractivity contribution in [1.82, 2.24) is 10.2 Å². The van der Waals surface area contributed by atoms with E-state index in [4.69, 9.17) is 9.84 Å². The Balaban J connectivity index is 1.82. The van der Waals surface area contributed by atoms with Crippen LogP contribution in [0.1, 0.15) is 12.0 Å². The second kappa shape index (κ2) is 8.28. The zero-order valence-electron chi connectivity index (χ0n) is 12.7. The lowest BCUT2D eigenvalue weighted by Gasteiger charge is -2.34. The molecule has 7 nitrogen and oxygen atoms in total. The molecule has 23 heavy (non-hydrogen) atoms. The van der Waals surface area contributed by atoms with Gasteiger partial charge in [-0.25, -0.2) is 0 Å². The number of nitrogens with zero attached hydrogens (tertiary/aromatic N) is 1. The third kappa shape index (κ3) is 5.37. The van der Waals surface area contributed by atoms with E-state index in [0.29, 0.717) is 13.2 Å². The van der Waals surface area contributed by atoms with Gasteiger partial charge in [0.1, 0.15) is 0 Å². The van der Waals surface area contributed by atoms with Gasteiger partial charge < -0.3 is 20.1 Å². The molecule has 1 aromatic carbocycles. The molecule has 0 aromatic heterocycles. The summed E-state index contributed by atoms with van der Waals surface area (Å²) in [6, 6.07) is 8.75. The number of carbonyl (C=O) groups excluding carboxylic acids is 2. The van der Waals surface area contributed by atoms with Crippen LogP contribution in [0, 0.1) is 0 Å². The van der Waals surface area contributed by atoms with Crippen molar-refractivity contribution in [2.24, 2.45) is 0 Å². The highest BCUT2D eigenvalue weighted by molar-refractivity contribution is 5.86. The Bertz CT molecular complexity index is 561. The van der Waals surface area contributed by atoms with Gasteiger partial charge in [-0.3, -0.25) is 14.4 Å². The van der Waals surface area contributed by atoms with Crippen LogP contribution < -0.4 is 5.32 Å². The van der Waals surface area contributed by atoms with Gasteiger partial charge in [0.25, 0.3) is 0 Å². The fraction of sp³-hybridized carbons (Fsp3) is 0.438. The fourth-order valence-electron chi connectivity index (χ4n) is 2.47. The summed E-state index contributed by atoms with van der Waals surface area (Å²) in [4.78, 5) is 36.4. The van der Waals surface area contributed by atoms with E-state index in [0.717, 1.165) is 5.56 Å². The van der Waals surface area contributed by atoms with Crippen LogP contribution in [0.4, 0.5) is 0 Å². The third-order valence-electron chi connectivity index (χ3n) is 3.60. The highest BCUT2D eigenvalue weighted by Gasteiger charge is 2.29. The molecule has 2 rings (SSSR count). The summed E-state index contributed by atoms with van der Waals surface area (Å²) in [5.41, 5.74) is 0.868. The van der Waals surface area contributed by atoms with E-state index >= 15 is 0 Å². The molecule has 2 N–H and O–H groups in total. The normalized spacial score (nSPS) is 17.6. The summed E-state index contributed by atoms with van der Waals surface area (Å²) >= 11 is 0. The monoisotopic (exact) mass is 320 g/mol. The minimum atomic E-state index is -0.980. The quantitative estimate of drug-likeness (QED) is 0.772. The van der Waals surface area contributed by atoms with Gasteiger partial charge in [-0.2, -0.15) is 0 Å². The number of carboxylic acid groups (broad SMARTS) is 1. The third-order valence-corrected chi connectivity index (χ3v) is 3.60. The van der Waals surface area contributed by atoms with E-state index in [2.05, 4.69) is 5.32 Å². The Morgan fingerprint density at radius 3 is 2.70 bits per heavy atom. The zero-order chi connectivity index (χ0) is 16.7. The summed E-state index contributed by atoms with van der Waals surface area (Å²) in [7, 11) is 0. The number of ether oxygens (including phenoxy) is 1. The van der Waals surface area contributed by atoms with Crippen LogP contribution in [0.25, 0.3) is 0 Å². The topological polar surface area (TPSA) is 95.9 Å². The molecule has 1 fully saturated rings. The molecule has 0 saturated carbocycles. The van der Waals surface area contributed by atoms with E-state index in [1.54, 1.807) is 0 Å². The molecular weight excluding hydrogens is 300 g/mol. The molecule has 1 aliphatic heterocycles. The maximum atomic E-state index is 12.2. The summed E-state index contributed by atoms with van der Waals surface area (Å²) in [5.74, 6) is -1.51. The van der Waals surface area contributed by atoms with E-state index in [1.165, 1.54) is 4.90 Å². The van der Waals surface area contributed by atoms with E-state index in [-0.39, 0.29) is 37.8 Å². The molecule has 2 amide bonds. The van der Waals surface area contributed by atoms with Crippen molar-refractivity contribution in [3.8, 4) is 0 Å². The first-order chi connectivity index (χ1) is 11.1. The average Bonchev–Trinajstić information content (AvgIpc) is 2.53. The first-order valence-electron chi connectivity index (χ1n) is 7.46. The van der Waals surface area contributed by atoms with Crippen molar-refractivity contribution in [1.29, 1.82) is 0 Å². The van der Waals surface area contributed by atoms with Crippen molar-refractivity contribution in [2.45, 2.75) is 18.9 Å². The van der Waals surface area contributed by atoms with Crippen LogP contribution in [0.15, 0.2) is 30.3 Å². The van der Waals surface area contributed by atoms with Crippen molar-refractivity contribution in [3.05, 3.63) is 35.9 Å². The van der Waals surface area contributed by atoms with Crippen LogP contribution in [-0.4, -0.2) is 60.1 Å². The molecular formula is C16H20N2O5. The van der Waals surface area contributed by atoms with Gasteiger partial charge in [0.2, 0.25) is 11.8 Å². The molecule has 1 heterocycles. The second-order valence-corrected chi connectivity index (χ2v) is 5.35. The number of morpholine rings is 1. The molecule has 124 valence electrons. The number of hydrogen-bond acceptors (Lipinski definition) is 4. The fourth-order valence-corrected chi connectivity index (χ4v) is 2.47. The molecule has 1 aromatic rings. The molecule has 1 atom stereocenters. The molecule has 0 aliphatic carbocycles. The lowest BCUT2D eigenvalue weighted by molar-refractivity contribution is -0.146. The molecule has 0 spiro atoms. The molecule has 0 bridgehead atoms. The Hall–Kier alpha value is -2.41. The van der Waals surface area contributed by atoms with Crippen LogP contribution in [0.2, 0.25) is 0 Å². The first kappa shape index (κ1) is 17.0. The number of amides is 2. The lowest BCUT2D eigenvalue weighted by Crippen LogP contribution is -2.52. The number of carboxylic acids is 1. The predicted octanol–water partition coefficient (Wildman–Crippen LogP) is 0.0474. The van der Waals surface area contributed by atoms with Gasteiger partial charge in [0.05, 0.1) is 38.6 Å². The molecule has 7 heteroatoms. The number of carbonyl (C=O) groups is 3. The summed E-state index contributed by atoms with van der Waals surface area (Å²) < 4.78 is 5.22. The maximum Gasteiger partial charge on any atom is 0.305 e. The summed E-state index contributed by atoms with van der Waals surface area (Å²) in [6.07, 6.45) is 0.0412. The first-order valence-corrected chi connectivity index (χ1v) is 7.46. The van der Waals surface area contributed by atoms with Crippen molar-refractivity contribution in [3.63, 3.8) is 0 Å². The van der Waals surface area contributed by atoms with Gasteiger partial charge >= 0.3 is 5.97 Å². The number of nitrogens with one attached hydrogen (secondary N) is 1. The predicted molar refractivity (Wildman–Crippen MR) is 81.7 cm³/mol. The van der Waals surface area contributed by atoms with Crippen LogP contribution in [-0.2, 0) is 25.5 Å². The van der Waals surface area contributed by atoms with Gasteiger partial charge in [-0.1, -0.05) is 30.3 Å². The Morgan fingerprint density at radius 1 is 1.26 bits per heavy atom. The van der Waals surface area contributed by atoms with Gasteiger partial charge in [-0.05, 0) is 5.56 Å². The van der Waals surface area contributed by atoms with Crippen molar-refractivity contribution in [2.75, 3.05) is 26.3 Å². The van der Waals surface area contributed by atoms with Crippen LogP contribution >= 0.6 is 0 Å². The van der Waals surface area contributed by atoms with E-state index in [1.807, 2.05) is 30.3 Å². The maximum absolute atomic E-state index is 12.2. The van der Waals surface area contributed by atoms with Gasteiger partial charge in [-0.15, -0.1) is 0 Å². The van der Waals surface area contributed by atoms with Crippen LogP contribution in [0.5, 0.6) is 0 Å². The highest BCUT2D eigenvalue weighted by Crippen LogP contribution is 2.10. The number of aliphatic carboxylic acids is 1. The molecule has 1 unspecified atom stereocenters. The van der Waals surface area contributed by atoms with Gasteiger partial charge in [0.15, 0.2) is 0 Å². The Kier molecular flexibility index (Phi) is 6.10. The smallest absolute Gasteiger partial charge is 0.305 e. The standard InChI is InChI=1S/C16H20N2O5/c19-14(8-12-4-2-1-3-5-12)17-10-15(20)18-6-7-23-11-13(18)9-16(21)22/h1-5,13H,6-11H2,(H,17,19)(H,21,22). The Labute approximate surface area is 134 Å². The SMILES string of the molecule is O=C(O)CC1COCCN1C(=O)CNC(=O)Cc1ccccc1. The lowest BCUT2D eigenvalue weighted by atomic mass is 10.1. The van der Waals surface area contributed by atoms with Crippen LogP contribution in [0.3, 0.4) is 0 Å². The largest absolute Gasteiger partial charge is 0.481 e. The molecule has 0 radical (unpaired) electrons. The molecule has 1 saturated heterocycles. The molecule has 1 aliphatic rings. The number of hydrogen-bond donors (Lipinski definition) is 2. The van der Waals surface area contributed by atoms with Crippen molar-refractivity contribution >= 4 is 17.8 Å². The zero-order valence-corrected chi connectivity index (χ0v) is 12.7. The average molecular weight is 320 g/mol. The van der Waals surface area contributed by atoms with Crippen molar-refractivity contribution < 1.29 is 24.2 Å². The van der Waals surface area contributed by atoms with E-state index < -0.39 is 12.0 Å². The second-order valence-electron chi connectivity index (χ2n) is 5.35. The number of rotatable bonds is 6. The van der Waals surface area contributed by atoms with Gasteiger partial charge in [0, 0.05) is 6.54 Å². The minimum absolute atomic E-state index is 0.137. The summed E-state index contributed by atoms with van der Waals surface area (Å²) in [5, 5.41) is 11.5. The number of benzene rings is 1. The highest BCUT2D eigenvalue weighted by atomic mass is 16.5. The minimum Gasteiger partial charge on any atom is -0.481 e.